The second-order valence-corrected chi connectivity index (χ2v) is 10.3. The second kappa shape index (κ2) is 9.24. The third kappa shape index (κ3) is 4.69. The van der Waals surface area contributed by atoms with Gasteiger partial charge in [0, 0.05) is 34.2 Å². The van der Waals surface area contributed by atoms with Gasteiger partial charge in [-0.1, -0.05) is 6.07 Å². The first-order valence-electron chi connectivity index (χ1n) is 11.6. The predicted molar refractivity (Wildman–Crippen MR) is 131 cm³/mol. The molecule has 1 fully saturated rings. The van der Waals surface area contributed by atoms with Gasteiger partial charge in [0.2, 0.25) is 0 Å². The van der Waals surface area contributed by atoms with Gasteiger partial charge in [0.25, 0.3) is 5.91 Å². The average molecular weight is 486 g/mol. The van der Waals surface area contributed by atoms with Crippen LogP contribution >= 0.6 is 0 Å². The van der Waals surface area contributed by atoms with Crippen LogP contribution in [0.3, 0.4) is 0 Å². The van der Waals surface area contributed by atoms with E-state index in [0.29, 0.717) is 41.0 Å². The Balaban J connectivity index is 1.20. The SMILES string of the molecule is O=C(NCc1cc2nc(-c3cncc(C4CC4)n3)ccc2cn1)c1ccc2c(c1)S(=O)CCOC2. The third-order valence-electron chi connectivity index (χ3n) is 6.22. The van der Waals surface area contributed by atoms with Crippen LogP contribution in [0, 0.1) is 0 Å². The summed E-state index contributed by atoms with van der Waals surface area (Å²) >= 11 is 0. The minimum absolute atomic E-state index is 0.245. The molecule has 3 aromatic heterocycles. The van der Waals surface area contributed by atoms with Crippen LogP contribution in [0.4, 0.5) is 0 Å². The molecule has 1 N–H and O–H groups in total. The lowest BCUT2D eigenvalue weighted by Gasteiger charge is -2.09. The first-order valence-corrected chi connectivity index (χ1v) is 12.9. The molecule has 35 heavy (non-hydrogen) atoms. The lowest BCUT2D eigenvalue weighted by atomic mass is 10.1. The Bertz CT molecular complexity index is 1470. The molecule has 1 atom stereocenters. The van der Waals surface area contributed by atoms with Crippen molar-refractivity contribution in [1.29, 1.82) is 0 Å². The van der Waals surface area contributed by atoms with Crippen molar-refractivity contribution in [2.24, 2.45) is 0 Å². The van der Waals surface area contributed by atoms with Crippen molar-refractivity contribution in [2.45, 2.75) is 36.8 Å². The third-order valence-corrected chi connectivity index (χ3v) is 7.62. The van der Waals surface area contributed by atoms with Gasteiger partial charge in [0.15, 0.2) is 0 Å². The summed E-state index contributed by atoms with van der Waals surface area (Å²) in [6.45, 7) is 1.11. The molecule has 4 aromatic rings. The van der Waals surface area contributed by atoms with Crippen molar-refractivity contribution >= 4 is 27.6 Å². The summed E-state index contributed by atoms with van der Waals surface area (Å²) in [5, 5.41) is 3.82. The number of hydrogen-bond acceptors (Lipinski definition) is 7. The van der Waals surface area contributed by atoms with E-state index in [1.165, 1.54) is 12.8 Å². The van der Waals surface area contributed by atoms with Crippen LogP contribution in [0.15, 0.2) is 59.9 Å². The summed E-state index contributed by atoms with van der Waals surface area (Å²) in [7, 11) is -1.17. The summed E-state index contributed by atoms with van der Waals surface area (Å²) in [5.41, 5.74) is 5.35. The van der Waals surface area contributed by atoms with Crippen LogP contribution < -0.4 is 5.32 Å². The molecule has 176 valence electrons. The number of hydrogen-bond donors (Lipinski definition) is 1. The smallest absolute Gasteiger partial charge is 0.251 e. The van der Waals surface area contributed by atoms with Crippen LogP contribution in [-0.4, -0.2) is 42.4 Å². The normalized spacial score (nSPS) is 17.5. The van der Waals surface area contributed by atoms with Gasteiger partial charge >= 0.3 is 0 Å². The van der Waals surface area contributed by atoms with Crippen molar-refractivity contribution < 1.29 is 13.7 Å². The number of pyridine rings is 2. The number of amides is 1. The molecule has 4 heterocycles. The van der Waals surface area contributed by atoms with Crippen LogP contribution in [0.1, 0.15) is 46.1 Å². The Labute approximate surface area is 204 Å². The highest BCUT2D eigenvalue weighted by atomic mass is 32.2. The highest BCUT2D eigenvalue weighted by Gasteiger charge is 2.25. The highest BCUT2D eigenvalue weighted by molar-refractivity contribution is 7.85. The van der Waals surface area contributed by atoms with Gasteiger partial charge in [-0.15, -0.1) is 0 Å². The summed E-state index contributed by atoms with van der Waals surface area (Å²) in [4.78, 5) is 31.8. The van der Waals surface area contributed by atoms with E-state index in [4.69, 9.17) is 14.7 Å². The Kier molecular flexibility index (Phi) is 5.79. The molecule has 9 heteroatoms. The zero-order valence-electron chi connectivity index (χ0n) is 18.9. The van der Waals surface area contributed by atoms with Crippen LogP contribution in [0.25, 0.3) is 22.3 Å². The number of ether oxygens (including phenoxy) is 1. The van der Waals surface area contributed by atoms with E-state index in [1.54, 1.807) is 24.5 Å². The number of carbonyl (C=O) groups excluding carboxylic acids is 1. The first-order chi connectivity index (χ1) is 17.1. The van der Waals surface area contributed by atoms with E-state index in [9.17, 15) is 9.00 Å². The van der Waals surface area contributed by atoms with Crippen molar-refractivity contribution in [3.63, 3.8) is 0 Å². The van der Waals surface area contributed by atoms with E-state index in [2.05, 4.69) is 15.3 Å². The van der Waals surface area contributed by atoms with E-state index in [0.717, 1.165) is 33.5 Å². The van der Waals surface area contributed by atoms with Gasteiger partial charge in [-0.05, 0) is 48.7 Å². The zero-order chi connectivity index (χ0) is 23.8. The molecule has 6 rings (SSSR count). The van der Waals surface area contributed by atoms with Crippen LogP contribution in [-0.2, 0) is 28.7 Å². The molecule has 1 aliphatic carbocycles. The number of nitrogens with one attached hydrogen (secondary N) is 1. The summed E-state index contributed by atoms with van der Waals surface area (Å²) < 4.78 is 17.9. The number of fused-ring (bicyclic) bond motifs is 2. The van der Waals surface area contributed by atoms with E-state index < -0.39 is 10.8 Å². The van der Waals surface area contributed by atoms with Gasteiger partial charge in [-0.3, -0.25) is 19.0 Å². The second-order valence-electron chi connectivity index (χ2n) is 8.78. The Morgan fingerprint density at radius 2 is 1.97 bits per heavy atom. The zero-order valence-corrected chi connectivity index (χ0v) is 19.8. The lowest BCUT2D eigenvalue weighted by molar-refractivity contribution is 0.0950. The topological polar surface area (TPSA) is 107 Å². The highest BCUT2D eigenvalue weighted by Crippen LogP contribution is 2.39. The fraction of sp³-hybridized carbons (Fsp3) is 0.269. The van der Waals surface area contributed by atoms with Gasteiger partial charge in [0.1, 0.15) is 5.69 Å². The van der Waals surface area contributed by atoms with Gasteiger partial charge < -0.3 is 10.1 Å². The quantitative estimate of drug-likeness (QED) is 0.461. The van der Waals surface area contributed by atoms with Crippen molar-refractivity contribution in [1.82, 2.24) is 25.3 Å². The molecule has 1 saturated carbocycles. The maximum Gasteiger partial charge on any atom is 0.251 e. The fourth-order valence-electron chi connectivity index (χ4n) is 4.10. The fourth-order valence-corrected chi connectivity index (χ4v) is 5.27. The number of benzene rings is 1. The molecule has 0 bridgehead atoms. The lowest BCUT2D eigenvalue weighted by Crippen LogP contribution is -2.23. The van der Waals surface area contributed by atoms with Crippen molar-refractivity contribution in [3.8, 4) is 11.4 Å². The number of carbonyl (C=O) groups is 1. The average Bonchev–Trinajstić information content (AvgIpc) is 3.76. The van der Waals surface area contributed by atoms with Gasteiger partial charge in [-0.2, -0.15) is 0 Å². The predicted octanol–water partition coefficient (Wildman–Crippen LogP) is 3.53. The number of nitrogens with zero attached hydrogens (tertiary/aromatic N) is 4. The molecule has 1 amide bonds. The summed E-state index contributed by atoms with van der Waals surface area (Å²) in [6.07, 6.45) is 7.67. The molecule has 1 aromatic carbocycles. The van der Waals surface area contributed by atoms with Crippen LogP contribution in [0.2, 0.25) is 0 Å². The van der Waals surface area contributed by atoms with E-state index in [1.807, 2.05) is 30.5 Å². The molecular weight excluding hydrogens is 462 g/mol. The molecule has 0 spiro atoms. The summed E-state index contributed by atoms with van der Waals surface area (Å²) in [6, 6.07) is 11.0. The minimum atomic E-state index is -1.17. The van der Waals surface area contributed by atoms with Gasteiger partial charge in [-0.25, -0.2) is 9.97 Å². The molecule has 0 saturated heterocycles. The maximum absolute atomic E-state index is 12.8. The molecule has 0 radical (unpaired) electrons. The molecule has 2 aliphatic rings. The van der Waals surface area contributed by atoms with Crippen molar-refractivity contribution in [2.75, 3.05) is 12.4 Å². The first kappa shape index (κ1) is 21.9. The number of rotatable bonds is 5. The Morgan fingerprint density at radius 3 is 2.86 bits per heavy atom. The molecule has 1 unspecified atom stereocenters. The monoisotopic (exact) mass is 485 g/mol. The van der Waals surface area contributed by atoms with Gasteiger partial charge in [0.05, 0.1) is 65.1 Å². The molecule has 1 aliphatic heterocycles. The van der Waals surface area contributed by atoms with Crippen LogP contribution in [0.5, 0.6) is 0 Å². The Hall–Kier alpha value is -3.56. The summed E-state index contributed by atoms with van der Waals surface area (Å²) in [5.74, 6) is 0.714. The molecule has 8 nitrogen and oxygen atoms in total. The standard InChI is InChI=1S/C26H23N5O3S/c32-26(17-3-4-19-15-34-7-8-35(33)25(19)9-17)29-12-20-10-22-18(11-28-20)5-6-21(30-22)24-14-27-13-23(31-24)16-1-2-16/h3-6,9-11,13-14,16H,1-2,7-8,12,15H2,(H,29,32). The van der Waals surface area contributed by atoms with E-state index >= 15 is 0 Å². The number of aromatic nitrogens is 4. The maximum atomic E-state index is 12.8. The Morgan fingerprint density at radius 1 is 1.06 bits per heavy atom. The van der Waals surface area contributed by atoms with Crippen molar-refractivity contribution in [3.05, 3.63) is 77.5 Å². The largest absolute Gasteiger partial charge is 0.376 e. The van der Waals surface area contributed by atoms with E-state index in [-0.39, 0.29) is 12.5 Å². The molecular formula is C26H23N5O3S. The minimum Gasteiger partial charge on any atom is -0.376 e.